The number of amides is 13. The molecule has 0 atom stereocenters. The number of carbonyl (C=O) groups excluding carboxylic acids is 11. The number of rotatable bonds is 23. The summed E-state index contributed by atoms with van der Waals surface area (Å²) in [5, 5.41) is 17.2. The number of sulfonamides is 2. The number of urea groups is 2. The minimum Gasteiger partial charge on any atom is -0.492 e. The minimum absolute atomic E-state index is 0.0424. The molecule has 136 heavy (non-hydrogen) atoms. The number of carbonyl (C=O) groups is 11. The van der Waals surface area contributed by atoms with Crippen LogP contribution in [-0.2, 0) is 130 Å². The number of aryl methyl sites for hydroxylation is 2. The number of ether oxygens (including phenoxy) is 5. The molecule has 12 heterocycles. The molecule has 0 saturated heterocycles. The number of thiophene rings is 7. The third kappa shape index (κ3) is 29.1. The summed E-state index contributed by atoms with van der Waals surface area (Å²) in [7, 11) is -4.80. The molecule has 0 saturated carbocycles. The third-order valence-electron chi connectivity index (χ3n) is 21.6. The highest BCUT2D eigenvalue weighted by Gasteiger charge is 2.36. The molecule has 0 fully saturated rings. The van der Waals surface area contributed by atoms with Crippen molar-refractivity contribution in [2.24, 2.45) is 34.4 Å². The standard InChI is InChI=1S/C19H23N3O4S.C14H21N3O2S.C13H19N3O2S.C12H18N2O4S2.C11H15N3O3S.C10H14N2O4S2.C9H13N3OS/c1-3-25-14-8-6-5-7-13(14)21-18(23)16-12-9-10-22(19(24)26-4-2)11-15(12)27-17(16)20;1-14(2,3)17-13(19)16-12-10(11(15)18)8-6-4-5-7-9(8)20-12;1-7(2)15-13(18)16-12-10(11(14)17)8-5-3-4-6-9(8)19-12;1-2-3-6-20(16,17)14-12-10(11(13)15)8-4-5-18-7-9(8)19-12;1-2-17-11(16)14-4-3-6-7(5-14)18-10(13)8(6)9(12)15;1-2-18(14,15)12-10-8(9(11)13)6-3-4-16-5-7(6)17-10;1-12-3-2-5-6(4-12)14-9(11)7(5)8(10)13/h5-8H,3-4,9-11,20H2,1-2H3,(H,21,23);4-7H2,1-3H3,(H2,15,18)(H2,16,17,19);7H,3-6H2,1-2H3,(H2,14,17)(H2,15,16,18);14H,2-7H2,1H3,(H2,13,15);2-5,13H2,1H3,(H2,12,15);12H,2-5H2,1H3,(H2,11,13);2-4,11H2,1H3,(H2,10,13). The van der Waals surface area contributed by atoms with Crippen molar-refractivity contribution in [1.82, 2.24) is 25.3 Å². The summed E-state index contributed by atoms with van der Waals surface area (Å²) >= 11 is 9.54. The molecule has 8 aromatic rings. The molecule has 2 aliphatic carbocycles. The molecule has 15 rings (SSSR count). The number of anilines is 8. The summed E-state index contributed by atoms with van der Waals surface area (Å²) < 4.78 is 78.1. The predicted molar refractivity (Wildman–Crippen MR) is 537 cm³/mol. The highest BCUT2D eigenvalue weighted by molar-refractivity contribution is 7.93. The van der Waals surface area contributed by atoms with Gasteiger partial charge in [-0.1, -0.05) is 25.5 Å². The fourth-order valence-electron chi connectivity index (χ4n) is 15.5. The van der Waals surface area contributed by atoms with E-state index in [0.717, 1.165) is 136 Å². The first-order valence-electron chi connectivity index (χ1n) is 44.3. The lowest BCUT2D eigenvalue weighted by molar-refractivity contribution is 0.0981. The molecular weight excluding hydrogens is 1930 g/mol. The number of hydrogen-bond donors (Lipinski definition) is 16. The van der Waals surface area contributed by atoms with Crippen molar-refractivity contribution in [3.8, 4) is 5.75 Å². The van der Waals surface area contributed by atoms with Crippen LogP contribution in [0, 0.1) is 0 Å². The smallest absolute Gasteiger partial charge is 0.410 e. The number of para-hydroxylation sites is 2. The normalized spacial score (nSPS) is 14.5. The minimum atomic E-state index is -3.44. The fraction of sp³-hybridized carbons (Fsp3) is 0.489. The molecule has 39 nitrogen and oxygen atoms in total. The predicted octanol–water partition coefficient (Wildman–Crippen LogP) is 11.9. The Morgan fingerprint density at radius 2 is 0.838 bits per heavy atom. The van der Waals surface area contributed by atoms with Gasteiger partial charge in [0.1, 0.15) is 25.8 Å². The van der Waals surface area contributed by atoms with Gasteiger partial charge in [0.25, 0.3) is 41.4 Å². The molecule has 48 heteroatoms. The number of nitrogens with one attached hydrogen (secondary N) is 7. The number of primary amides is 6. The number of fused-ring (bicyclic) bond motifs is 7. The van der Waals surface area contributed by atoms with Crippen LogP contribution in [-0.4, -0.2) is 180 Å². The van der Waals surface area contributed by atoms with Crippen LogP contribution in [0.2, 0.25) is 0 Å². The summed E-state index contributed by atoms with van der Waals surface area (Å²) in [4.78, 5) is 142. The lowest BCUT2D eigenvalue weighted by atomic mass is 9.95. The van der Waals surface area contributed by atoms with E-state index in [9.17, 15) is 69.6 Å². The average molecular weight is 2060 g/mol. The van der Waals surface area contributed by atoms with Gasteiger partial charge in [0.15, 0.2) is 0 Å². The molecule has 1 aromatic carbocycles. The van der Waals surface area contributed by atoms with E-state index in [0.29, 0.717) is 184 Å². The molecule has 0 radical (unpaired) electrons. The summed E-state index contributed by atoms with van der Waals surface area (Å²) in [6.07, 6.45) is 11.9. The summed E-state index contributed by atoms with van der Waals surface area (Å²) in [5.74, 6) is -2.69. The Labute approximate surface area is 818 Å². The van der Waals surface area contributed by atoms with Gasteiger partial charge < -0.3 is 106 Å². The van der Waals surface area contributed by atoms with E-state index < -0.39 is 55.5 Å². The van der Waals surface area contributed by atoms with Crippen molar-refractivity contribution >= 4 is 206 Å². The van der Waals surface area contributed by atoms with Crippen LogP contribution in [0.4, 0.5) is 59.9 Å². The third-order valence-corrected chi connectivity index (χ3v) is 32.3. The van der Waals surface area contributed by atoms with Gasteiger partial charge in [-0.2, -0.15) is 0 Å². The zero-order valence-corrected chi connectivity index (χ0v) is 85.3. The van der Waals surface area contributed by atoms with E-state index in [2.05, 4.69) is 48.0 Å². The number of nitrogens with two attached hydrogens (primary N) is 9. The number of likely N-dealkylation sites (N-methyl/N-ethyl adjacent to an activating group) is 1. The maximum atomic E-state index is 12.9. The lowest BCUT2D eigenvalue weighted by Gasteiger charge is -2.26. The van der Waals surface area contributed by atoms with Crippen molar-refractivity contribution in [2.45, 2.75) is 210 Å². The molecule has 0 unspecified atom stereocenters. The Hall–Kier alpha value is -10.9. The highest BCUT2D eigenvalue weighted by atomic mass is 32.2. The van der Waals surface area contributed by atoms with E-state index >= 15 is 0 Å². The summed E-state index contributed by atoms with van der Waals surface area (Å²) in [5.41, 5.74) is 59.8. The molecule has 5 aliphatic heterocycles. The second-order valence-electron chi connectivity index (χ2n) is 33.2. The van der Waals surface area contributed by atoms with E-state index in [1.165, 1.54) is 101 Å². The molecule has 7 aliphatic rings. The van der Waals surface area contributed by atoms with E-state index in [1.54, 1.807) is 29.7 Å². The maximum Gasteiger partial charge on any atom is 0.410 e. The van der Waals surface area contributed by atoms with E-state index in [-0.39, 0.29) is 58.8 Å². The summed E-state index contributed by atoms with van der Waals surface area (Å²) in [6, 6.07) is 6.73. The number of hydrogen-bond acceptors (Lipinski definition) is 31. The van der Waals surface area contributed by atoms with Crippen molar-refractivity contribution in [1.29, 1.82) is 0 Å². The Morgan fingerprint density at radius 1 is 0.449 bits per heavy atom. The van der Waals surface area contributed by atoms with Crippen LogP contribution in [0.1, 0.15) is 253 Å². The number of benzene rings is 1. The Kier molecular flexibility index (Phi) is 39.5. The first-order valence-corrected chi connectivity index (χ1v) is 53.3. The molecule has 0 bridgehead atoms. The van der Waals surface area contributed by atoms with Crippen molar-refractivity contribution < 1.29 is 93.3 Å². The number of unbranched alkanes of at least 4 members (excludes halogenated alkanes) is 1. The van der Waals surface area contributed by atoms with Crippen LogP contribution in [0.15, 0.2) is 24.3 Å². The van der Waals surface area contributed by atoms with E-state index in [1.807, 2.05) is 66.7 Å². The fourth-order valence-corrected chi connectivity index (χ4v) is 26.5. The molecule has 7 aromatic heterocycles. The van der Waals surface area contributed by atoms with Gasteiger partial charge in [0.05, 0.1) is 130 Å². The number of nitrogens with zero attached hydrogens (tertiary/aromatic N) is 3. The van der Waals surface area contributed by atoms with Crippen LogP contribution < -0.4 is 92.4 Å². The maximum absolute atomic E-state index is 12.9. The van der Waals surface area contributed by atoms with Crippen LogP contribution in [0.25, 0.3) is 0 Å². The Morgan fingerprint density at radius 3 is 1.26 bits per heavy atom. The molecule has 0 spiro atoms. The van der Waals surface area contributed by atoms with Gasteiger partial charge in [-0.15, -0.1) is 79.4 Å². The first kappa shape index (κ1) is 109. The van der Waals surface area contributed by atoms with Crippen LogP contribution in [0.3, 0.4) is 0 Å². The SMILES string of the molecule is CC(C)(C)NC(=O)Nc1sc2c(c1C(N)=O)CCCC2.CC(C)NC(=O)Nc1sc2c(c1C(N)=O)CCCC2.CCCCS(=O)(=O)Nc1sc2c(c1C(N)=O)CCOC2.CCOC(=O)N1CCc2c(sc(N)c2C(=O)Nc2ccccc2OCC)C1.CCOC(=O)N1CCc2c(sc(N)c2C(N)=O)C1.CCS(=O)(=O)Nc1sc2c(c1C(N)=O)CCOC2.CN1CCc2c(sc(N)c2C(N)=O)C1. The van der Waals surface area contributed by atoms with Crippen LogP contribution in [0.5, 0.6) is 5.75 Å². The quantitative estimate of drug-likeness (QED) is 0.0283. The molecule has 25 N–H and O–H groups in total. The van der Waals surface area contributed by atoms with Gasteiger partial charge in [-0.25, -0.2) is 36.0 Å². The van der Waals surface area contributed by atoms with Crippen molar-refractivity contribution in [3.05, 3.63) is 136 Å². The summed E-state index contributed by atoms with van der Waals surface area (Å²) in [6.45, 7) is 25.1. The average Bonchev–Trinajstić information content (AvgIpc) is 1.65. The highest BCUT2D eigenvalue weighted by Crippen LogP contribution is 2.44. The monoisotopic (exact) mass is 2050 g/mol. The molecular formula is C88H123N19O20S9. The van der Waals surface area contributed by atoms with Crippen molar-refractivity contribution in [2.75, 3.05) is 114 Å². The largest absolute Gasteiger partial charge is 0.492 e. The van der Waals surface area contributed by atoms with Gasteiger partial charge in [-0.05, 0) is 210 Å². The zero-order chi connectivity index (χ0) is 100.0. The Bertz CT molecular complexity index is 5940. The second kappa shape index (κ2) is 49.4. The van der Waals surface area contributed by atoms with Crippen molar-refractivity contribution in [3.63, 3.8) is 0 Å². The topological polar surface area (TPSA) is 630 Å². The van der Waals surface area contributed by atoms with Crippen LogP contribution >= 0.6 is 79.4 Å². The van der Waals surface area contributed by atoms with Gasteiger partial charge in [0, 0.05) is 71.9 Å². The van der Waals surface area contributed by atoms with E-state index in [4.69, 9.17) is 75.3 Å². The van der Waals surface area contributed by atoms with Gasteiger partial charge >= 0.3 is 24.2 Å². The second-order valence-corrected chi connectivity index (χ2v) is 44.9. The molecule has 13 amide bonds. The Balaban J connectivity index is 0.000000179. The van der Waals surface area contributed by atoms with Gasteiger partial charge in [0.2, 0.25) is 20.0 Å². The lowest BCUT2D eigenvalue weighted by Crippen LogP contribution is -2.43. The molecule has 744 valence electrons. The number of nitrogen functional groups attached to an aromatic ring is 3. The zero-order valence-electron chi connectivity index (χ0n) is 78.0. The van der Waals surface area contributed by atoms with Gasteiger partial charge in [-0.3, -0.25) is 53.6 Å². The first-order chi connectivity index (χ1) is 64.3.